The van der Waals surface area contributed by atoms with Gasteiger partial charge in [0, 0.05) is 18.5 Å². The third kappa shape index (κ3) is 3.76. The maximum atomic E-state index is 13.9. The predicted molar refractivity (Wildman–Crippen MR) is 85.9 cm³/mol. The summed E-state index contributed by atoms with van der Waals surface area (Å²) in [5.41, 5.74) is -1.47. The van der Waals surface area contributed by atoms with E-state index in [1.165, 1.54) is 0 Å². The van der Waals surface area contributed by atoms with E-state index in [0.29, 0.717) is 17.5 Å². The Bertz CT molecular complexity index is 853. The lowest BCUT2D eigenvalue weighted by atomic mass is 9.75. The summed E-state index contributed by atoms with van der Waals surface area (Å²) in [6.07, 6.45) is -4.42. The Kier molecular flexibility index (Phi) is 5.24. The Morgan fingerprint density at radius 1 is 1.17 bits per heavy atom. The monoisotopic (exact) mass is 422 g/mol. The zero-order valence-electron chi connectivity index (χ0n) is 14.7. The van der Waals surface area contributed by atoms with E-state index in [4.69, 9.17) is 14.6 Å². The van der Waals surface area contributed by atoms with Crippen molar-refractivity contribution in [1.82, 2.24) is 4.90 Å². The van der Waals surface area contributed by atoms with Crippen molar-refractivity contribution in [1.29, 1.82) is 0 Å². The Morgan fingerprint density at radius 2 is 1.76 bits per heavy atom. The molecule has 0 saturated carbocycles. The predicted octanol–water partition coefficient (Wildman–Crippen LogP) is 2.55. The van der Waals surface area contributed by atoms with Gasteiger partial charge in [0.2, 0.25) is 5.60 Å². The summed E-state index contributed by atoms with van der Waals surface area (Å²) < 4.78 is 64.1. The van der Waals surface area contributed by atoms with Gasteiger partial charge in [0.25, 0.3) is 5.91 Å². The van der Waals surface area contributed by atoms with Crippen molar-refractivity contribution >= 4 is 23.7 Å². The number of carboxylic acid groups (broad SMARTS) is 1. The van der Waals surface area contributed by atoms with Gasteiger partial charge in [0.15, 0.2) is 0 Å². The average Bonchev–Trinajstić information content (AvgIpc) is 2.86. The standard InChI is InChI=1S/C15H14F2N2O3.C2HF3O2/c16-10-1-2-12(11(17)7-10)19-13(20)15(22-14(19)21)8-18-5-3-9(15)4-6-18;3-2(4,5)1(6)7/h1-2,7,9H,3-6,8H2;(H,6,7). The summed E-state index contributed by atoms with van der Waals surface area (Å²) in [7, 11) is 0. The lowest BCUT2D eigenvalue weighted by Gasteiger charge is -2.48. The highest BCUT2D eigenvalue weighted by Gasteiger charge is 2.62. The number of alkyl halides is 3. The van der Waals surface area contributed by atoms with Gasteiger partial charge in [0.05, 0.1) is 5.69 Å². The third-order valence-corrected chi connectivity index (χ3v) is 5.12. The number of imide groups is 1. The number of ether oxygens (including phenoxy) is 1. The van der Waals surface area contributed by atoms with Crippen LogP contribution in [0.4, 0.5) is 32.4 Å². The van der Waals surface area contributed by atoms with Crippen molar-refractivity contribution in [2.24, 2.45) is 5.92 Å². The first-order valence-corrected chi connectivity index (χ1v) is 8.51. The van der Waals surface area contributed by atoms with Gasteiger partial charge in [-0.3, -0.25) is 9.69 Å². The molecule has 4 saturated heterocycles. The second-order valence-electron chi connectivity index (χ2n) is 6.85. The van der Waals surface area contributed by atoms with E-state index in [2.05, 4.69) is 4.90 Å². The summed E-state index contributed by atoms with van der Waals surface area (Å²) in [5, 5.41) is 7.12. The molecule has 4 fully saturated rings. The smallest absolute Gasteiger partial charge is 0.475 e. The Balaban J connectivity index is 0.000000298. The van der Waals surface area contributed by atoms with E-state index in [0.717, 1.165) is 38.1 Å². The summed E-state index contributed by atoms with van der Waals surface area (Å²) >= 11 is 0. The van der Waals surface area contributed by atoms with Gasteiger partial charge in [-0.05, 0) is 38.1 Å². The number of nitrogens with zero attached hydrogens (tertiary/aromatic N) is 2. The molecule has 4 aliphatic rings. The largest absolute Gasteiger partial charge is 0.490 e. The molecule has 2 bridgehead atoms. The van der Waals surface area contributed by atoms with Crippen LogP contribution in [0.5, 0.6) is 0 Å². The number of rotatable bonds is 1. The van der Waals surface area contributed by atoms with Crippen LogP contribution in [0.2, 0.25) is 0 Å². The van der Waals surface area contributed by atoms with Gasteiger partial charge in [-0.2, -0.15) is 13.2 Å². The van der Waals surface area contributed by atoms with E-state index in [9.17, 15) is 31.5 Å². The van der Waals surface area contributed by atoms with Gasteiger partial charge in [-0.15, -0.1) is 0 Å². The maximum Gasteiger partial charge on any atom is 0.490 e. The molecule has 1 N–H and O–H groups in total. The molecular formula is C17H15F5N2O5. The molecule has 29 heavy (non-hydrogen) atoms. The zero-order chi connectivity index (χ0) is 21.6. The molecule has 0 aromatic heterocycles. The van der Waals surface area contributed by atoms with Crippen LogP contribution in [-0.2, 0) is 14.3 Å². The number of carbonyl (C=O) groups excluding carboxylic acids is 2. The fourth-order valence-electron chi connectivity index (χ4n) is 3.76. The highest BCUT2D eigenvalue weighted by molar-refractivity contribution is 6.20. The Hall–Kier alpha value is -2.76. The van der Waals surface area contributed by atoms with E-state index < -0.39 is 41.4 Å². The molecule has 1 aromatic carbocycles. The van der Waals surface area contributed by atoms with Crippen LogP contribution >= 0.6 is 0 Å². The minimum Gasteiger partial charge on any atom is -0.475 e. The number of halogens is 5. The average molecular weight is 422 g/mol. The Labute approximate surface area is 160 Å². The Morgan fingerprint density at radius 3 is 2.21 bits per heavy atom. The zero-order valence-corrected chi connectivity index (χ0v) is 14.7. The van der Waals surface area contributed by atoms with Crippen molar-refractivity contribution in [3.05, 3.63) is 29.8 Å². The summed E-state index contributed by atoms with van der Waals surface area (Å²) in [6.45, 7) is 2.10. The number of aliphatic carboxylic acids is 1. The molecule has 7 nitrogen and oxygen atoms in total. The second kappa shape index (κ2) is 7.25. The first-order valence-electron chi connectivity index (χ1n) is 8.51. The molecule has 12 heteroatoms. The van der Waals surface area contributed by atoms with Gasteiger partial charge >= 0.3 is 18.2 Å². The highest BCUT2D eigenvalue weighted by Crippen LogP contribution is 2.44. The van der Waals surface area contributed by atoms with Crippen molar-refractivity contribution < 1.29 is 46.2 Å². The van der Waals surface area contributed by atoms with Gasteiger partial charge in [-0.25, -0.2) is 23.3 Å². The number of carbonyl (C=O) groups is 3. The molecule has 0 aliphatic carbocycles. The molecule has 5 rings (SSSR count). The molecular weight excluding hydrogens is 407 g/mol. The number of fused-ring (bicyclic) bond motifs is 2. The quantitative estimate of drug-likeness (QED) is 0.700. The number of piperidine rings is 3. The lowest BCUT2D eigenvalue weighted by molar-refractivity contribution is -0.192. The van der Waals surface area contributed by atoms with Gasteiger partial charge in [0.1, 0.15) is 11.6 Å². The summed E-state index contributed by atoms with van der Waals surface area (Å²) in [5.74, 6) is -5.06. The molecule has 158 valence electrons. The van der Waals surface area contributed by atoms with Crippen LogP contribution in [-0.4, -0.2) is 59.4 Å². The van der Waals surface area contributed by atoms with Crippen LogP contribution in [0.3, 0.4) is 0 Å². The molecule has 1 atom stereocenters. The van der Waals surface area contributed by atoms with E-state index in [-0.39, 0.29) is 11.6 Å². The minimum absolute atomic E-state index is 0.0394. The second-order valence-corrected chi connectivity index (χ2v) is 6.85. The first-order chi connectivity index (χ1) is 13.5. The SMILES string of the molecule is O=C(O)C(F)(F)F.O=C1OC2(CN3CCC2CC3)C(=O)N1c1ccc(F)cc1F. The van der Waals surface area contributed by atoms with Crippen molar-refractivity contribution in [2.45, 2.75) is 24.6 Å². The number of anilines is 1. The van der Waals surface area contributed by atoms with Crippen LogP contribution in [0.15, 0.2) is 18.2 Å². The number of carboxylic acids is 1. The van der Waals surface area contributed by atoms with Crippen molar-refractivity contribution in [3.8, 4) is 0 Å². The minimum atomic E-state index is -5.08. The number of amides is 2. The van der Waals surface area contributed by atoms with Crippen LogP contribution in [0.1, 0.15) is 12.8 Å². The molecule has 4 heterocycles. The number of hydrogen-bond acceptors (Lipinski definition) is 5. The van der Waals surface area contributed by atoms with Gasteiger partial charge < -0.3 is 9.84 Å². The van der Waals surface area contributed by atoms with Crippen molar-refractivity contribution in [3.63, 3.8) is 0 Å². The maximum absolute atomic E-state index is 13.9. The van der Waals surface area contributed by atoms with Gasteiger partial charge in [-0.1, -0.05) is 0 Å². The molecule has 2 amide bonds. The number of benzene rings is 1. The molecule has 1 spiro atoms. The third-order valence-electron chi connectivity index (χ3n) is 5.12. The summed E-state index contributed by atoms with van der Waals surface area (Å²) in [4.78, 5) is 36.7. The number of hydrogen-bond donors (Lipinski definition) is 1. The fraction of sp³-hybridized carbons (Fsp3) is 0.471. The van der Waals surface area contributed by atoms with E-state index >= 15 is 0 Å². The molecule has 4 aliphatic heterocycles. The lowest BCUT2D eigenvalue weighted by Crippen LogP contribution is -2.63. The van der Waals surface area contributed by atoms with Crippen molar-refractivity contribution in [2.75, 3.05) is 24.5 Å². The van der Waals surface area contributed by atoms with Crippen LogP contribution < -0.4 is 4.90 Å². The molecule has 1 aromatic rings. The highest BCUT2D eigenvalue weighted by atomic mass is 19.4. The first kappa shape index (κ1) is 21.0. The molecule has 0 radical (unpaired) electrons. The fourth-order valence-corrected chi connectivity index (χ4v) is 3.76. The normalized spacial score (nSPS) is 28.2. The topological polar surface area (TPSA) is 87.1 Å². The summed E-state index contributed by atoms with van der Waals surface area (Å²) in [6, 6.07) is 2.75. The van der Waals surface area contributed by atoms with Crippen LogP contribution in [0.25, 0.3) is 0 Å². The van der Waals surface area contributed by atoms with Crippen LogP contribution in [0, 0.1) is 17.6 Å². The van der Waals surface area contributed by atoms with E-state index in [1.807, 2.05) is 0 Å². The van der Waals surface area contributed by atoms with E-state index in [1.54, 1.807) is 0 Å². The molecule has 1 unspecified atom stereocenters.